The number of nitrogens with two attached hydrogens (primary N) is 1. The lowest BCUT2D eigenvalue weighted by atomic mass is 9.92. The lowest BCUT2D eigenvalue weighted by molar-refractivity contribution is 0.0916. The van der Waals surface area contributed by atoms with Crippen molar-refractivity contribution in [1.82, 2.24) is 5.32 Å². The summed E-state index contributed by atoms with van der Waals surface area (Å²) in [7, 11) is 3.06. The van der Waals surface area contributed by atoms with Gasteiger partial charge in [-0.25, -0.2) is 0 Å². The van der Waals surface area contributed by atoms with Crippen molar-refractivity contribution in [3.05, 3.63) is 23.8 Å². The fourth-order valence-electron chi connectivity index (χ4n) is 2.11. The van der Waals surface area contributed by atoms with Gasteiger partial charge in [-0.15, -0.1) is 0 Å². The molecule has 1 rings (SSSR count). The van der Waals surface area contributed by atoms with Gasteiger partial charge < -0.3 is 20.5 Å². The van der Waals surface area contributed by atoms with Gasteiger partial charge in [-0.2, -0.15) is 0 Å². The van der Waals surface area contributed by atoms with E-state index in [9.17, 15) is 4.79 Å². The summed E-state index contributed by atoms with van der Waals surface area (Å²) in [5.74, 6) is 0.789. The molecule has 0 saturated carbocycles. The first kappa shape index (κ1) is 17.2. The van der Waals surface area contributed by atoms with Crippen molar-refractivity contribution in [3.63, 3.8) is 0 Å². The molecule has 0 radical (unpaired) electrons. The molecule has 0 aliphatic rings. The van der Waals surface area contributed by atoms with E-state index < -0.39 is 5.54 Å². The van der Waals surface area contributed by atoms with E-state index in [2.05, 4.69) is 5.32 Å². The number of thiocarbonyl (C=S) groups is 1. The van der Waals surface area contributed by atoms with Gasteiger partial charge in [0.2, 0.25) is 0 Å². The Balaban J connectivity index is 3.11. The Morgan fingerprint density at radius 1 is 1.29 bits per heavy atom. The van der Waals surface area contributed by atoms with E-state index in [0.717, 1.165) is 0 Å². The monoisotopic (exact) mass is 310 g/mol. The number of hydrogen-bond donors (Lipinski definition) is 2. The second-order valence-corrected chi connectivity index (χ2v) is 5.11. The maximum atomic E-state index is 12.5. The first-order valence-electron chi connectivity index (χ1n) is 6.78. The zero-order valence-corrected chi connectivity index (χ0v) is 13.7. The summed E-state index contributed by atoms with van der Waals surface area (Å²) in [6, 6.07) is 5.02. The summed E-state index contributed by atoms with van der Waals surface area (Å²) in [5.41, 5.74) is 5.54. The fraction of sp³-hybridized carbons (Fsp3) is 0.467. The van der Waals surface area contributed by atoms with Gasteiger partial charge >= 0.3 is 0 Å². The predicted octanol–water partition coefficient (Wildman–Crippen LogP) is 2.28. The molecule has 6 heteroatoms. The Morgan fingerprint density at radius 2 is 1.90 bits per heavy atom. The lowest BCUT2D eigenvalue weighted by Gasteiger charge is -2.31. The van der Waals surface area contributed by atoms with Gasteiger partial charge in [-0.1, -0.05) is 26.1 Å². The second kappa shape index (κ2) is 7.26. The Kier molecular flexibility index (Phi) is 5.96. The summed E-state index contributed by atoms with van der Waals surface area (Å²) in [4.78, 5) is 12.8. The van der Waals surface area contributed by atoms with Crippen LogP contribution in [0.2, 0.25) is 0 Å². The third-order valence-electron chi connectivity index (χ3n) is 3.68. The van der Waals surface area contributed by atoms with Crippen molar-refractivity contribution in [2.75, 3.05) is 14.2 Å². The molecule has 0 spiro atoms. The molecule has 0 fully saturated rings. The smallest absolute Gasteiger partial charge is 0.255 e. The Morgan fingerprint density at radius 3 is 2.33 bits per heavy atom. The van der Waals surface area contributed by atoms with Crippen LogP contribution < -0.4 is 20.5 Å². The minimum atomic E-state index is -0.683. The van der Waals surface area contributed by atoms with Gasteiger partial charge in [0.05, 0.1) is 30.3 Å². The minimum absolute atomic E-state index is 0.272. The number of hydrogen-bond acceptors (Lipinski definition) is 4. The van der Waals surface area contributed by atoms with Crippen LogP contribution in [-0.4, -0.2) is 30.7 Å². The van der Waals surface area contributed by atoms with Crippen molar-refractivity contribution in [2.45, 2.75) is 32.2 Å². The Hall–Kier alpha value is -1.82. The third-order valence-corrected chi connectivity index (χ3v) is 4.08. The molecular weight excluding hydrogens is 288 g/mol. The Labute approximate surface area is 130 Å². The maximum Gasteiger partial charge on any atom is 0.255 e. The Bertz CT molecular complexity index is 528. The average Bonchev–Trinajstić information content (AvgIpc) is 2.51. The molecule has 0 saturated heterocycles. The van der Waals surface area contributed by atoms with Gasteiger partial charge in [-0.3, -0.25) is 4.79 Å². The SMILES string of the molecule is CCC(CC)(NC(=O)c1ccc(OC)cc1OC)C(N)=S. The van der Waals surface area contributed by atoms with Crippen molar-refractivity contribution in [3.8, 4) is 11.5 Å². The standard InChI is InChI=1S/C15H22N2O3S/c1-5-15(6-2,14(16)21)17-13(18)11-8-7-10(19-3)9-12(11)20-4/h7-9H,5-6H2,1-4H3,(H2,16,21)(H,17,18). The topological polar surface area (TPSA) is 73.6 Å². The number of carbonyl (C=O) groups is 1. The molecule has 0 aliphatic carbocycles. The van der Waals surface area contributed by atoms with Gasteiger partial charge in [0.15, 0.2) is 0 Å². The highest BCUT2D eigenvalue weighted by Gasteiger charge is 2.32. The van der Waals surface area contributed by atoms with Crippen LogP contribution in [0.15, 0.2) is 18.2 Å². The molecule has 1 aromatic carbocycles. The van der Waals surface area contributed by atoms with E-state index in [0.29, 0.717) is 29.9 Å². The van der Waals surface area contributed by atoms with Crippen LogP contribution in [-0.2, 0) is 0 Å². The van der Waals surface area contributed by atoms with Crippen molar-refractivity contribution in [1.29, 1.82) is 0 Å². The maximum absolute atomic E-state index is 12.5. The first-order chi connectivity index (χ1) is 9.93. The van der Waals surface area contributed by atoms with Gasteiger partial charge in [0.1, 0.15) is 11.5 Å². The van der Waals surface area contributed by atoms with Crippen LogP contribution in [0.3, 0.4) is 0 Å². The normalized spacial score (nSPS) is 10.9. The highest BCUT2D eigenvalue weighted by atomic mass is 32.1. The number of rotatable bonds is 7. The molecule has 5 nitrogen and oxygen atoms in total. The molecule has 0 bridgehead atoms. The first-order valence-corrected chi connectivity index (χ1v) is 7.19. The molecule has 1 aromatic rings. The fourth-order valence-corrected chi connectivity index (χ4v) is 2.45. The van der Waals surface area contributed by atoms with E-state index in [1.54, 1.807) is 25.3 Å². The summed E-state index contributed by atoms with van der Waals surface area (Å²) in [6.45, 7) is 3.88. The molecule has 0 atom stereocenters. The number of ether oxygens (including phenoxy) is 2. The molecule has 1 amide bonds. The summed E-state index contributed by atoms with van der Waals surface area (Å²) >= 11 is 5.11. The zero-order valence-electron chi connectivity index (χ0n) is 12.9. The van der Waals surface area contributed by atoms with Gasteiger partial charge in [-0.05, 0) is 25.0 Å². The van der Waals surface area contributed by atoms with Crippen LogP contribution in [0.4, 0.5) is 0 Å². The molecule has 21 heavy (non-hydrogen) atoms. The van der Waals surface area contributed by atoms with E-state index in [-0.39, 0.29) is 10.9 Å². The van der Waals surface area contributed by atoms with Crippen molar-refractivity contribution >= 4 is 23.1 Å². The number of nitrogens with one attached hydrogen (secondary N) is 1. The lowest BCUT2D eigenvalue weighted by Crippen LogP contribution is -2.56. The predicted molar refractivity (Wildman–Crippen MR) is 87.1 cm³/mol. The molecule has 0 heterocycles. The highest BCUT2D eigenvalue weighted by Crippen LogP contribution is 2.26. The van der Waals surface area contributed by atoms with Crippen molar-refractivity contribution < 1.29 is 14.3 Å². The molecule has 0 unspecified atom stereocenters. The number of amides is 1. The largest absolute Gasteiger partial charge is 0.497 e. The van der Waals surface area contributed by atoms with Crippen LogP contribution in [0.5, 0.6) is 11.5 Å². The van der Waals surface area contributed by atoms with Crippen LogP contribution in [0, 0.1) is 0 Å². The second-order valence-electron chi connectivity index (χ2n) is 4.67. The number of methoxy groups -OCH3 is 2. The summed E-state index contributed by atoms with van der Waals surface area (Å²) in [6.07, 6.45) is 1.26. The van der Waals surface area contributed by atoms with E-state index >= 15 is 0 Å². The molecule has 0 aliphatic heterocycles. The van der Waals surface area contributed by atoms with Gasteiger partial charge in [0.25, 0.3) is 5.91 Å². The van der Waals surface area contributed by atoms with Crippen LogP contribution >= 0.6 is 12.2 Å². The van der Waals surface area contributed by atoms with Crippen molar-refractivity contribution in [2.24, 2.45) is 5.73 Å². The van der Waals surface area contributed by atoms with Crippen LogP contribution in [0.25, 0.3) is 0 Å². The van der Waals surface area contributed by atoms with Gasteiger partial charge in [0, 0.05) is 6.07 Å². The highest BCUT2D eigenvalue weighted by molar-refractivity contribution is 7.80. The average molecular weight is 310 g/mol. The summed E-state index contributed by atoms with van der Waals surface area (Å²) in [5, 5.41) is 2.93. The summed E-state index contributed by atoms with van der Waals surface area (Å²) < 4.78 is 10.4. The third kappa shape index (κ3) is 3.64. The van der Waals surface area contributed by atoms with E-state index in [1.165, 1.54) is 7.11 Å². The van der Waals surface area contributed by atoms with Crippen LogP contribution in [0.1, 0.15) is 37.0 Å². The number of carbonyl (C=O) groups excluding carboxylic acids is 1. The minimum Gasteiger partial charge on any atom is -0.497 e. The number of benzene rings is 1. The molecule has 3 N–H and O–H groups in total. The molecular formula is C15H22N2O3S. The zero-order chi connectivity index (χ0) is 16.0. The quantitative estimate of drug-likeness (QED) is 0.756. The molecule has 0 aromatic heterocycles. The molecule has 116 valence electrons. The van der Waals surface area contributed by atoms with E-state index in [1.807, 2.05) is 13.8 Å². The van der Waals surface area contributed by atoms with E-state index in [4.69, 9.17) is 27.4 Å².